The van der Waals surface area contributed by atoms with E-state index in [1.807, 2.05) is 12.1 Å². The molecule has 1 atom stereocenters. The maximum absolute atomic E-state index is 12.2. The van der Waals surface area contributed by atoms with Crippen LogP contribution in [0.5, 0.6) is 0 Å². The Kier molecular flexibility index (Phi) is 6.89. The summed E-state index contributed by atoms with van der Waals surface area (Å²) in [7, 11) is 0. The zero-order valence-electron chi connectivity index (χ0n) is 14.1. The normalized spacial score (nSPS) is 15.8. The summed E-state index contributed by atoms with van der Waals surface area (Å²) >= 11 is 0. The minimum atomic E-state index is -0.0156. The van der Waals surface area contributed by atoms with Gasteiger partial charge in [-0.2, -0.15) is 0 Å². The van der Waals surface area contributed by atoms with Crippen molar-refractivity contribution in [1.82, 2.24) is 10.6 Å². The van der Waals surface area contributed by atoms with Crippen molar-refractivity contribution in [1.29, 1.82) is 0 Å². The molecule has 1 aromatic carbocycles. The first-order valence-corrected chi connectivity index (χ1v) is 7.93. The summed E-state index contributed by atoms with van der Waals surface area (Å²) in [6.45, 7) is 9.99. The number of hydrogen-bond acceptors (Lipinski definition) is 2. The Labute approximate surface area is 140 Å². The lowest BCUT2D eigenvalue weighted by atomic mass is 9.81. The zero-order valence-corrected chi connectivity index (χ0v) is 14.9. The van der Waals surface area contributed by atoms with Gasteiger partial charge >= 0.3 is 0 Å². The van der Waals surface area contributed by atoms with Crippen molar-refractivity contribution in [3.05, 3.63) is 35.4 Å². The second kappa shape index (κ2) is 7.98. The minimum absolute atomic E-state index is 0. The molecule has 0 saturated heterocycles. The Bertz CT molecular complexity index is 492. The first kappa shape index (κ1) is 19.0. The smallest absolute Gasteiger partial charge is 0.234 e. The van der Waals surface area contributed by atoms with Crippen LogP contribution in [0.2, 0.25) is 0 Å². The highest BCUT2D eigenvalue weighted by atomic mass is 35.5. The van der Waals surface area contributed by atoms with E-state index < -0.39 is 0 Å². The fourth-order valence-corrected chi connectivity index (χ4v) is 2.60. The fourth-order valence-electron chi connectivity index (χ4n) is 2.60. The highest BCUT2D eigenvalue weighted by Crippen LogP contribution is 2.34. The summed E-state index contributed by atoms with van der Waals surface area (Å²) < 4.78 is 0. The number of nitrogens with one attached hydrogen (secondary N) is 2. The lowest BCUT2D eigenvalue weighted by molar-refractivity contribution is -0.121. The summed E-state index contributed by atoms with van der Waals surface area (Å²) in [5.41, 5.74) is 2.42. The topological polar surface area (TPSA) is 41.1 Å². The van der Waals surface area contributed by atoms with Gasteiger partial charge in [-0.05, 0) is 48.8 Å². The van der Waals surface area contributed by atoms with Crippen molar-refractivity contribution in [2.45, 2.75) is 46.6 Å². The highest BCUT2D eigenvalue weighted by Gasteiger charge is 2.29. The van der Waals surface area contributed by atoms with Crippen molar-refractivity contribution in [2.75, 3.05) is 13.1 Å². The van der Waals surface area contributed by atoms with Crippen molar-refractivity contribution in [3.63, 3.8) is 0 Å². The molecule has 1 unspecified atom stereocenters. The number of halogens is 1. The molecular formula is C18H29ClN2O. The Morgan fingerprint density at radius 3 is 2.45 bits per heavy atom. The number of carbonyl (C=O) groups is 1. The SMILES string of the molecule is Cc1ccccc1C(NC(=O)CNCC1CC1)C(C)(C)C.Cl. The van der Waals surface area contributed by atoms with Crippen LogP contribution in [0, 0.1) is 18.3 Å². The van der Waals surface area contributed by atoms with Gasteiger partial charge in [0.25, 0.3) is 0 Å². The number of aryl methyl sites for hydroxylation is 1. The van der Waals surface area contributed by atoms with Crippen LogP contribution in [0.25, 0.3) is 0 Å². The molecule has 2 rings (SSSR count). The molecule has 1 fully saturated rings. The molecule has 1 aliphatic carbocycles. The van der Waals surface area contributed by atoms with Crippen LogP contribution in [0.3, 0.4) is 0 Å². The Hall–Kier alpha value is -1.06. The van der Waals surface area contributed by atoms with E-state index in [1.165, 1.54) is 24.0 Å². The predicted molar refractivity (Wildman–Crippen MR) is 94.4 cm³/mol. The Balaban J connectivity index is 0.00000242. The molecule has 1 saturated carbocycles. The largest absolute Gasteiger partial charge is 0.348 e. The third-order valence-electron chi connectivity index (χ3n) is 4.09. The van der Waals surface area contributed by atoms with Gasteiger partial charge in [0, 0.05) is 0 Å². The van der Waals surface area contributed by atoms with Crippen LogP contribution >= 0.6 is 12.4 Å². The molecule has 0 aromatic heterocycles. The van der Waals surface area contributed by atoms with Crippen LogP contribution in [0.1, 0.15) is 50.8 Å². The average Bonchev–Trinajstić information content (AvgIpc) is 3.20. The standard InChI is InChI=1S/C18H28N2O.ClH/c1-13-7-5-6-8-15(13)17(18(2,3)4)20-16(21)12-19-11-14-9-10-14;/h5-8,14,17,19H,9-12H2,1-4H3,(H,20,21);1H. The molecule has 1 amide bonds. The van der Waals surface area contributed by atoms with Gasteiger partial charge in [0.05, 0.1) is 12.6 Å². The maximum Gasteiger partial charge on any atom is 0.234 e. The average molecular weight is 325 g/mol. The first-order chi connectivity index (χ1) is 9.88. The van der Waals surface area contributed by atoms with Gasteiger partial charge in [-0.25, -0.2) is 0 Å². The second-order valence-corrected chi connectivity index (χ2v) is 7.30. The zero-order chi connectivity index (χ0) is 15.5. The van der Waals surface area contributed by atoms with Gasteiger partial charge in [-0.1, -0.05) is 45.0 Å². The lowest BCUT2D eigenvalue weighted by Gasteiger charge is -2.33. The third kappa shape index (κ3) is 5.62. The van der Waals surface area contributed by atoms with Crippen LogP contribution < -0.4 is 10.6 Å². The molecule has 0 bridgehead atoms. The minimum Gasteiger partial charge on any atom is -0.348 e. The number of hydrogen-bond donors (Lipinski definition) is 2. The van der Waals surface area contributed by atoms with Gasteiger partial charge in [-0.3, -0.25) is 4.79 Å². The second-order valence-electron chi connectivity index (χ2n) is 7.30. The van der Waals surface area contributed by atoms with Gasteiger partial charge in [0.15, 0.2) is 0 Å². The number of rotatable bonds is 6. The molecule has 0 aliphatic heterocycles. The van der Waals surface area contributed by atoms with E-state index in [2.05, 4.69) is 50.5 Å². The Morgan fingerprint density at radius 2 is 1.91 bits per heavy atom. The van der Waals surface area contributed by atoms with E-state index in [-0.39, 0.29) is 29.8 Å². The summed E-state index contributed by atoms with van der Waals surface area (Å²) in [5.74, 6) is 0.881. The number of amides is 1. The molecule has 124 valence electrons. The van der Waals surface area contributed by atoms with Crippen molar-refractivity contribution >= 4 is 18.3 Å². The van der Waals surface area contributed by atoms with Crippen LogP contribution in [-0.2, 0) is 4.79 Å². The van der Waals surface area contributed by atoms with E-state index in [0.29, 0.717) is 6.54 Å². The molecule has 0 spiro atoms. The molecule has 1 aliphatic rings. The first-order valence-electron chi connectivity index (χ1n) is 7.93. The van der Waals surface area contributed by atoms with Crippen molar-refractivity contribution in [3.8, 4) is 0 Å². The van der Waals surface area contributed by atoms with Gasteiger partial charge in [0.1, 0.15) is 0 Å². The van der Waals surface area contributed by atoms with Crippen molar-refractivity contribution < 1.29 is 4.79 Å². The summed E-state index contributed by atoms with van der Waals surface area (Å²) in [6.07, 6.45) is 2.62. The maximum atomic E-state index is 12.2. The fraction of sp³-hybridized carbons (Fsp3) is 0.611. The van der Waals surface area contributed by atoms with Gasteiger partial charge < -0.3 is 10.6 Å². The van der Waals surface area contributed by atoms with Crippen LogP contribution in [-0.4, -0.2) is 19.0 Å². The summed E-state index contributed by atoms with van der Waals surface area (Å²) in [4.78, 5) is 12.2. The lowest BCUT2D eigenvalue weighted by Crippen LogP contribution is -2.41. The molecule has 0 heterocycles. The van der Waals surface area contributed by atoms with Crippen LogP contribution in [0.4, 0.5) is 0 Å². The van der Waals surface area contributed by atoms with Gasteiger partial charge in [0.2, 0.25) is 5.91 Å². The van der Waals surface area contributed by atoms with E-state index in [0.717, 1.165) is 12.5 Å². The summed E-state index contributed by atoms with van der Waals surface area (Å²) in [5, 5.41) is 6.46. The Morgan fingerprint density at radius 1 is 1.27 bits per heavy atom. The molecule has 1 aromatic rings. The van der Waals surface area contributed by atoms with Gasteiger partial charge in [-0.15, -0.1) is 12.4 Å². The van der Waals surface area contributed by atoms with E-state index >= 15 is 0 Å². The third-order valence-corrected chi connectivity index (χ3v) is 4.09. The predicted octanol–water partition coefficient (Wildman–Crippen LogP) is 3.62. The quantitative estimate of drug-likeness (QED) is 0.839. The molecular weight excluding hydrogens is 296 g/mol. The monoisotopic (exact) mass is 324 g/mol. The highest BCUT2D eigenvalue weighted by molar-refractivity contribution is 5.85. The number of benzene rings is 1. The van der Waals surface area contributed by atoms with E-state index in [1.54, 1.807) is 0 Å². The van der Waals surface area contributed by atoms with E-state index in [4.69, 9.17) is 0 Å². The number of carbonyl (C=O) groups excluding carboxylic acids is 1. The van der Waals surface area contributed by atoms with Crippen LogP contribution in [0.15, 0.2) is 24.3 Å². The molecule has 2 N–H and O–H groups in total. The summed E-state index contributed by atoms with van der Waals surface area (Å²) in [6, 6.07) is 8.33. The molecule has 4 heteroatoms. The van der Waals surface area contributed by atoms with E-state index in [9.17, 15) is 4.79 Å². The molecule has 3 nitrogen and oxygen atoms in total. The van der Waals surface area contributed by atoms with Crippen molar-refractivity contribution in [2.24, 2.45) is 11.3 Å². The molecule has 0 radical (unpaired) electrons. The molecule has 22 heavy (non-hydrogen) atoms.